The van der Waals surface area contributed by atoms with Gasteiger partial charge < -0.3 is 10.1 Å². The Bertz CT molecular complexity index is 748. The number of amides is 1. The van der Waals surface area contributed by atoms with Gasteiger partial charge >= 0.3 is 6.18 Å². The summed E-state index contributed by atoms with van der Waals surface area (Å²) in [6, 6.07) is 12.0. The van der Waals surface area contributed by atoms with Crippen LogP contribution in [0.3, 0.4) is 0 Å². The van der Waals surface area contributed by atoms with Crippen molar-refractivity contribution in [3.05, 3.63) is 65.2 Å². The van der Waals surface area contributed by atoms with E-state index < -0.39 is 11.7 Å². The van der Waals surface area contributed by atoms with Crippen LogP contribution in [0.5, 0.6) is 5.75 Å². The van der Waals surface area contributed by atoms with Crippen LogP contribution < -0.4 is 10.1 Å². The standard InChI is InChI=1S/C19H18F3NO2/c1-25-16-8-6-14(7-9-16)18(10-11-18)12-23-17(24)13-2-4-15(5-3-13)19(20,21)22/h2-9H,10-12H2,1H3,(H,23,24). The van der Waals surface area contributed by atoms with E-state index in [0.29, 0.717) is 6.54 Å². The van der Waals surface area contributed by atoms with Gasteiger partial charge in [0, 0.05) is 17.5 Å². The zero-order chi connectivity index (χ0) is 18.1. The summed E-state index contributed by atoms with van der Waals surface area (Å²) >= 11 is 0. The zero-order valence-corrected chi connectivity index (χ0v) is 13.7. The summed E-state index contributed by atoms with van der Waals surface area (Å²) in [5.74, 6) is 0.404. The lowest BCUT2D eigenvalue weighted by Crippen LogP contribution is -2.32. The molecule has 0 heterocycles. The molecule has 3 rings (SSSR count). The second kappa shape index (κ2) is 6.43. The second-order valence-corrected chi connectivity index (χ2v) is 6.27. The van der Waals surface area contributed by atoms with Crippen LogP contribution >= 0.6 is 0 Å². The third-order valence-corrected chi connectivity index (χ3v) is 4.62. The predicted octanol–water partition coefficient (Wildman–Crippen LogP) is 4.18. The molecule has 0 atom stereocenters. The topological polar surface area (TPSA) is 38.3 Å². The molecule has 0 unspecified atom stereocenters. The Labute approximate surface area is 143 Å². The number of halogens is 3. The number of ether oxygens (including phenoxy) is 1. The number of hydrogen-bond acceptors (Lipinski definition) is 2. The van der Waals surface area contributed by atoms with Crippen LogP contribution in [0, 0.1) is 0 Å². The number of rotatable bonds is 5. The minimum Gasteiger partial charge on any atom is -0.497 e. The van der Waals surface area contributed by atoms with Crippen molar-refractivity contribution in [1.82, 2.24) is 5.32 Å². The highest BCUT2D eigenvalue weighted by atomic mass is 19.4. The highest BCUT2D eigenvalue weighted by Gasteiger charge is 2.44. The van der Waals surface area contributed by atoms with Crippen molar-refractivity contribution in [3.8, 4) is 5.75 Å². The summed E-state index contributed by atoms with van der Waals surface area (Å²) in [5, 5.41) is 2.84. The SMILES string of the molecule is COc1ccc(C2(CNC(=O)c3ccc(C(F)(F)F)cc3)CC2)cc1. The van der Waals surface area contributed by atoms with Gasteiger partial charge in [-0.2, -0.15) is 13.2 Å². The van der Waals surface area contributed by atoms with Gasteiger partial charge in [-0.25, -0.2) is 0 Å². The fourth-order valence-corrected chi connectivity index (χ4v) is 2.83. The first-order valence-electron chi connectivity index (χ1n) is 7.94. The van der Waals surface area contributed by atoms with Crippen LogP contribution in [-0.2, 0) is 11.6 Å². The van der Waals surface area contributed by atoms with Crippen molar-refractivity contribution in [1.29, 1.82) is 0 Å². The first kappa shape index (κ1) is 17.3. The fraction of sp³-hybridized carbons (Fsp3) is 0.316. The van der Waals surface area contributed by atoms with E-state index in [1.54, 1.807) is 7.11 Å². The summed E-state index contributed by atoms with van der Waals surface area (Å²) in [4.78, 5) is 12.2. The van der Waals surface area contributed by atoms with Crippen molar-refractivity contribution in [2.45, 2.75) is 24.4 Å². The van der Waals surface area contributed by atoms with Crippen LogP contribution in [0.2, 0.25) is 0 Å². The average molecular weight is 349 g/mol. The van der Waals surface area contributed by atoms with Gasteiger partial charge in [0.05, 0.1) is 12.7 Å². The molecule has 1 N–H and O–H groups in total. The third-order valence-electron chi connectivity index (χ3n) is 4.62. The quantitative estimate of drug-likeness (QED) is 0.880. The summed E-state index contributed by atoms with van der Waals surface area (Å²) in [6.45, 7) is 0.458. The first-order chi connectivity index (χ1) is 11.8. The van der Waals surface area contributed by atoms with Crippen molar-refractivity contribution in [3.63, 3.8) is 0 Å². The molecule has 3 nitrogen and oxygen atoms in total. The third kappa shape index (κ3) is 3.78. The van der Waals surface area contributed by atoms with Crippen molar-refractivity contribution in [2.75, 3.05) is 13.7 Å². The van der Waals surface area contributed by atoms with Gasteiger partial charge in [-0.1, -0.05) is 12.1 Å². The van der Waals surface area contributed by atoms with E-state index in [2.05, 4.69) is 5.32 Å². The van der Waals surface area contributed by atoms with Crippen LogP contribution in [-0.4, -0.2) is 19.6 Å². The number of alkyl halides is 3. The molecule has 6 heteroatoms. The molecule has 0 aliphatic heterocycles. The Kier molecular flexibility index (Phi) is 4.45. The molecule has 0 bridgehead atoms. The van der Waals surface area contributed by atoms with Gasteiger partial charge in [0.1, 0.15) is 5.75 Å². The number of nitrogens with one attached hydrogen (secondary N) is 1. The van der Waals surface area contributed by atoms with Crippen LogP contribution in [0.1, 0.15) is 34.3 Å². The Morgan fingerprint density at radius 3 is 2.16 bits per heavy atom. The van der Waals surface area contributed by atoms with Gasteiger partial charge in [-0.3, -0.25) is 4.79 Å². The molecule has 0 radical (unpaired) electrons. The smallest absolute Gasteiger partial charge is 0.416 e. The predicted molar refractivity (Wildman–Crippen MR) is 87.7 cm³/mol. The molecule has 132 valence electrons. The minimum atomic E-state index is -4.40. The van der Waals surface area contributed by atoms with E-state index >= 15 is 0 Å². The lowest BCUT2D eigenvalue weighted by molar-refractivity contribution is -0.137. The van der Waals surface area contributed by atoms with Gasteiger partial charge in [0.15, 0.2) is 0 Å². The van der Waals surface area contributed by atoms with E-state index in [4.69, 9.17) is 4.74 Å². The van der Waals surface area contributed by atoms with E-state index in [-0.39, 0.29) is 16.9 Å². The summed E-state index contributed by atoms with van der Waals surface area (Å²) in [5.41, 5.74) is 0.494. The molecule has 0 spiro atoms. The summed E-state index contributed by atoms with van der Waals surface area (Å²) < 4.78 is 42.8. The molecule has 2 aromatic rings. The fourth-order valence-electron chi connectivity index (χ4n) is 2.83. The molecule has 1 amide bonds. The molecule has 1 aliphatic carbocycles. The molecule has 1 saturated carbocycles. The highest BCUT2D eigenvalue weighted by molar-refractivity contribution is 5.94. The maximum Gasteiger partial charge on any atom is 0.416 e. The molecule has 2 aromatic carbocycles. The number of methoxy groups -OCH3 is 1. The second-order valence-electron chi connectivity index (χ2n) is 6.27. The maximum atomic E-state index is 12.6. The summed E-state index contributed by atoms with van der Waals surface area (Å²) in [7, 11) is 1.60. The Balaban J connectivity index is 1.63. The van der Waals surface area contributed by atoms with Gasteiger partial charge in [-0.15, -0.1) is 0 Å². The van der Waals surface area contributed by atoms with E-state index in [1.807, 2.05) is 24.3 Å². The number of hydrogen-bond donors (Lipinski definition) is 1. The molecule has 0 aromatic heterocycles. The molecular weight excluding hydrogens is 331 g/mol. The maximum absolute atomic E-state index is 12.6. The number of benzene rings is 2. The highest BCUT2D eigenvalue weighted by Crippen LogP contribution is 2.47. The van der Waals surface area contributed by atoms with Gasteiger partial charge in [0.25, 0.3) is 5.91 Å². The van der Waals surface area contributed by atoms with Gasteiger partial charge in [-0.05, 0) is 54.8 Å². The number of carbonyl (C=O) groups excluding carboxylic acids is 1. The Morgan fingerprint density at radius 2 is 1.68 bits per heavy atom. The van der Waals surface area contributed by atoms with Crippen LogP contribution in [0.25, 0.3) is 0 Å². The van der Waals surface area contributed by atoms with Crippen molar-refractivity contribution < 1.29 is 22.7 Å². The van der Waals surface area contributed by atoms with E-state index in [1.165, 1.54) is 12.1 Å². The molecule has 1 aliphatic rings. The van der Waals surface area contributed by atoms with Crippen LogP contribution in [0.4, 0.5) is 13.2 Å². The summed E-state index contributed by atoms with van der Waals surface area (Å²) in [6.07, 6.45) is -2.47. The normalized spacial score (nSPS) is 15.5. The molecule has 25 heavy (non-hydrogen) atoms. The van der Waals surface area contributed by atoms with E-state index in [0.717, 1.165) is 36.3 Å². The number of carbonyl (C=O) groups is 1. The molecule has 0 saturated heterocycles. The Hall–Kier alpha value is -2.50. The average Bonchev–Trinajstić information content (AvgIpc) is 3.40. The van der Waals surface area contributed by atoms with E-state index in [9.17, 15) is 18.0 Å². The zero-order valence-electron chi connectivity index (χ0n) is 13.7. The molecule has 1 fully saturated rings. The monoisotopic (exact) mass is 349 g/mol. The Morgan fingerprint density at radius 1 is 1.08 bits per heavy atom. The largest absolute Gasteiger partial charge is 0.497 e. The van der Waals surface area contributed by atoms with Gasteiger partial charge in [0.2, 0.25) is 0 Å². The first-order valence-corrected chi connectivity index (χ1v) is 7.94. The van der Waals surface area contributed by atoms with Crippen molar-refractivity contribution in [2.24, 2.45) is 0 Å². The minimum absolute atomic E-state index is 0.0894. The van der Waals surface area contributed by atoms with Crippen molar-refractivity contribution >= 4 is 5.91 Å². The lowest BCUT2D eigenvalue weighted by atomic mass is 9.95. The molecular formula is C19H18F3NO2. The lowest BCUT2D eigenvalue weighted by Gasteiger charge is -2.17. The van der Waals surface area contributed by atoms with Crippen LogP contribution in [0.15, 0.2) is 48.5 Å².